The Bertz CT molecular complexity index is 1190. The number of hydrogen-bond acceptors (Lipinski definition) is 3. The molecule has 29 heavy (non-hydrogen) atoms. The van der Waals surface area contributed by atoms with Crippen LogP contribution in [0.3, 0.4) is 0 Å². The van der Waals surface area contributed by atoms with E-state index in [-0.39, 0.29) is 0 Å². The fourth-order valence-corrected chi connectivity index (χ4v) is 3.84. The summed E-state index contributed by atoms with van der Waals surface area (Å²) in [6.07, 6.45) is 4.56. The normalized spacial score (nSPS) is 11.8. The van der Waals surface area contributed by atoms with Crippen molar-refractivity contribution in [1.29, 1.82) is 0 Å². The van der Waals surface area contributed by atoms with Crippen LogP contribution in [0.15, 0.2) is 65.0 Å². The van der Waals surface area contributed by atoms with Gasteiger partial charge in [0.2, 0.25) is 0 Å². The molecule has 0 unspecified atom stereocenters. The lowest BCUT2D eigenvalue weighted by Gasteiger charge is -2.09. The summed E-state index contributed by atoms with van der Waals surface area (Å²) in [5.41, 5.74) is 4.86. The predicted octanol–water partition coefficient (Wildman–Crippen LogP) is 6.09. The molecule has 0 amide bonds. The summed E-state index contributed by atoms with van der Waals surface area (Å²) in [5.74, 6) is 2.46. The first kappa shape index (κ1) is 19.3. The summed E-state index contributed by atoms with van der Waals surface area (Å²) >= 11 is 3.57. The smallest absolute Gasteiger partial charge is 0.140 e. The summed E-state index contributed by atoms with van der Waals surface area (Å²) in [4.78, 5) is 11.8. The number of aromatic amines is 2. The Morgan fingerprint density at radius 1 is 1.14 bits per heavy atom. The molecule has 0 atom stereocenters. The number of hydrogen-bond donors (Lipinski definition) is 2. The second kappa shape index (κ2) is 8.17. The molecule has 0 fully saturated rings. The van der Waals surface area contributed by atoms with Gasteiger partial charge in [0.15, 0.2) is 0 Å². The average molecular weight is 452 g/mol. The van der Waals surface area contributed by atoms with E-state index in [0.29, 0.717) is 6.42 Å². The second-order valence-corrected chi connectivity index (χ2v) is 7.56. The third kappa shape index (κ3) is 3.68. The van der Waals surface area contributed by atoms with Crippen LogP contribution in [-0.2, 0) is 11.2 Å². The van der Waals surface area contributed by atoms with Crippen LogP contribution in [0.4, 0.5) is 0 Å². The van der Waals surface area contributed by atoms with Gasteiger partial charge in [-0.25, -0.2) is 4.98 Å². The van der Waals surface area contributed by atoms with E-state index in [4.69, 9.17) is 14.5 Å². The Morgan fingerprint density at radius 2 is 1.97 bits per heavy atom. The van der Waals surface area contributed by atoms with Gasteiger partial charge >= 0.3 is 0 Å². The zero-order valence-electron chi connectivity index (χ0n) is 16.5. The van der Waals surface area contributed by atoms with Crippen molar-refractivity contribution < 1.29 is 9.47 Å². The molecule has 2 aromatic heterocycles. The van der Waals surface area contributed by atoms with E-state index < -0.39 is 0 Å². The standard InChI is InChI=1S/C23H22BrN3O2/c1-4-15(28-2)12-20-22(16-7-5-6-8-21(16)29-3)27-23(26-20)18-13-25-19-10-9-14(24)11-17(18)19/h4-11,13,25H,12H2,1-3H3,(H,26,27)/b15-4+. The summed E-state index contributed by atoms with van der Waals surface area (Å²) in [6.45, 7) is 1.97. The number of fused-ring (bicyclic) bond motifs is 1. The van der Waals surface area contributed by atoms with Crippen molar-refractivity contribution in [2.24, 2.45) is 0 Å². The Morgan fingerprint density at radius 3 is 2.72 bits per heavy atom. The lowest BCUT2D eigenvalue weighted by molar-refractivity contribution is 0.282. The first-order valence-corrected chi connectivity index (χ1v) is 10.1. The van der Waals surface area contributed by atoms with Gasteiger partial charge in [-0.1, -0.05) is 28.1 Å². The van der Waals surface area contributed by atoms with E-state index in [0.717, 1.165) is 55.2 Å². The number of halogens is 1. The maximum absolute atomic E-state index is 5.59. The molecule has 0 aliphatic rings. The minimum atomic E-state index is 0.611. The summed E-state index contributed by atoms with van der Waals surface area (Å²) < 4.78 is 12.1. The number of nitrogens with one attached hydrogen (secondary N) is 2. The predicted molar refractivity (Wildman–Crippen MR) is 120 cm³/mol. The Labute approximate surface area is 177 Å². The highest BCUT2D eigenvalue weighted by Crippen LogP contribution is 2.36. The Hall–Kier alpha value is -2.99. The molecule has 0 saturated heterocycles. The van der Waals surface area contributed by atoms with Gasteiger partial charge in [-0.2, -0.15) is 0 Å². The largest absolute Gasteiger partial charge is 0.501 e. The van der Waals surface area contributed by atoms with Gasteiger partial charge in [0.05, 0.1) is 31.4 Å². The molecule has 4 aromatic rings. The van der Waals surface area contributed by atoms with Crippen molar-refractivity contribution >= 4 is 26.8 Å². The van der Waals surface area contributed by atoms with Crippen LogP contribution in [0, 0.1) is 0 Å². The lowest BCUT2D eigenvalue weighted by atomic mass is 10.1. The molecule has 0 aliphatic carbocycles. The molecule has 2 heterocycles. The van der Waals surface area contributed by atoms with Crippen molar-refractivity contribution in [2.75, 3.05) is 14.2 Å². The molecular weight excluding hydrogens is 430 g/mol. The molecule has 148 valence electrons. The van der Waals surface area contributed by atoms with Crippen LogP contribution in [0.1, 0.15) is 12.6 Å². The van der Waals surface area contributed by atoms with Gasteiger partial charge in [0.25, 0.3) is 0 Å². The van der Waals surface area contributed by atoms with Crippen molar-refractivity contribution in [1.82, 2.24) is 15.0 Å². The SMILES string of the molecule is C/C=C(\Cc1[nH]c(-c2c[nH]c3ccc(Br)cc23)nc1-c1ccccc1OC)OC. The number of nitrogens with zero attached hydrogens (tertiary/aromatic N) is 1. The first-order valence-electron chi connectivity index (χ1n) is 9.33. The maximum atomic E-state index is 5.59. The van der Waals surface area contributed by atoms with Crippen LogP contribution in [0.5, 0.6) is 5.75 Å². The highest BCUT2D eigenvalue weighted by molar-refractivity contribution is 9.10. The highest BCUT2D eigenvalue weighted by atomic mass is 79.9. The lowest BCUT2D eigenvalue weighted by Crippen LogP contribution is -1.97. The minimum Gasteiger partial charge on any atom is -0.501 e. The maximum Gasteiger partial charge on any atom is 0.140 e. The molecule has 2 N–H and O–H groups in total. The van der Waals surface area contributed by atoms with Crippen LogP contribution in [0.2, 0.25) is 0 Å². The second-order valence-electron chi connectivity index (χ2n) is 6.64. The number of methoxy groups -OCH3 is 2. The molecule has 0 saturated carbocycles. The van der Waals surface area contributed by atoms with Crippen molar-refractivity contribution in [3.05, 3.63) is 70.7 Å². The summed E-state index contributed by atoms with van der Waals surface area (Å²) in [5, 5.41) is 1.10. The summed E-state index contributed by atoms with van der Waals surface area (Å²) in [7, 11) is 3.36. The van der Waals surface area contributed by atoms with Crippen LogP contribution in [-0.4, -0.2) is 29.2 Å². The van der Waals surface area contributed by atoms with Gasteiger partial charge in [0, 0.05) is 39.1 Å². The fourth-order valence-electron chi connectivity index (χ4n) is 3.48. The first-order chi connectivity index (χ1) is 14.1. The average Bonchev–Trinajstić information content (AvgIpc) is 3.35. The van der Waals surface area contributed by atoms with Gasteiger partial charge in [0.1, 0.15) is 11.6 Å². The monoisotopic (exact) mass is 451 g/mol. The van der Waals surface area contributed by atoms with Crippen molar-refractivity contribution in [2.45, 2.75) is 13.3 Å². The quantitative estimate of drug-likeness (QED) is 0.348. The third-order valence-electron chi connectivity index (χ3n) is 4.97. The molecule has 4 rings (SSSR count). The number of aromatic nitrogens is 3. The van der Waals surface area contributed by atoms with Crippen LogP contribution in [0.25, 0.3) is 33.5 Å². The molecular formula is C23H22BrN3O2. The zero-order valence-corrected chi connectivity index (χ0v) is 18.1. The fraction of sp³-hybridized carbons (Fsp3) is 0.174. The molecule has 0 aliphatic heterocycles. The van der Waals surface area contributed by atoms with Crippen molar-refractivity contribution in [3.63, 3.8) is 0 Å². The van der Waals surface area contributed by atoms with Gasteiger partial charge < -0.3 is 19.4 Å². The van der Waals surface area contributed by atoms with Gasteiger partial charge in [-0.05, 0) is 43.3 Å². The number of benzene rings is 2. The van der Waals surface area contributed by atoms with E-state index in [1.165, 1.54) is 0 Å². The summed E-state index contributed by atoms with van der Waals surface area (Å²) in [6, 6.07) is 14.1. The molecule has 6 heteroatoms. The number of para-hydroxylation sites is 1. The molecule has 0 radical (unpaired) electrons. The number of ether oxygens (including phenoxy) is 2. The minimum absolute atomic E-state index is 0.611. The van der Waals surface area contributed by atoms with Gasteiger partial charge in [-0.15, -0.1) is 0 Å². The Balaban J connectivity index is 1.90. The zero-order chi connectivity index (χ0) is 20.4. The topological polar surface area (TPSA) is 62.9 Å². The van der Waals surface area contributed by atoms with E-state index in [1.807, 2.05) is 49.5 Å². The van der Waals surface area contributed by atoms with E-state index in [1.54, 1.807) is 14.2 Å². The number of allylic oxidation sites excluding steroid dienone is 2. The third-order valence-corrected chi connectivity index (χ3v) is 5.47. The molecule has 0 spiro atoms. The van der Waals surface area contributed by atoms with Crippen molar-refractivity contribution in [3.8, 4) is 28.4 Å². The van der Waals surface area contributed by atoms with E-state index >= 15 is 0 Å². The van der Waals surface area contributed by atoms with Crippen LogP contribution >= 0.6 is 15.9 Å². The molecule has 0 bridgehead atoms. The Kier molecular flexibility index (Phi) is 5.45. The highest BCUT2D eigenvalue weighted by Gasteiger charge is 2.19. The number of H-pyrrole nitrogens is 2. The number of rotatable bonds is 6. The number of imidazole rings is 1. The molecule has 2 aromatic carbocycles. The van der Waals surface area contributed by atoms with E-state index in [9.17, 15) is 0 Å². The van der Waals surface area contributed by atoms with E-state index in [2.05, 4.69) is 38.0 Å². The van der Waals surface area contributed by atoms with Crippen LogP contribution < -0.4 is 4.74 Å². The van der Waals surface area contributed by atoms with Gasteiger partial charge in [-0.3, -0.25) is 0 Å². The molecule has 5 nitrogen and oxygen atoms in total.